The number of carbonyl (C=O) groups is 2. The van der Waals surface area contributed by atoms with Crippen LogP contribution in [0.15, 0.2) is 17.7 Å². The Balaban J connectivity index is 3.20. The fraction of sp³-hybridized carbons (Fsp3) is 0.476. The second-order valence-electron chi connectivity index (χ2n) is 7.03. The number of benzene rings is 1. The third kappa shape index (κ3) is 7.62. The summed E-state index contributed by atoms with van der Waals surface area (Å²) in [4.78, 5) is 36.2. The molecule has 1 amide bonds. The molecule has 31 heavy (non-hydrogen) atoms. The van der Waals surface area contributed by atoms with Gasteiger partial charge in [0.1, 0.15) is 11.6 Å². The minimum Gasteiger partial charge on any atom is -0.499 e. The normalized spacial score (nSPS) is 11.0. The molecule has 0 aromatic heterocycles. The number of hydrogen-bond acceptors (Lipinski definition) is 8. The number of phenols is 1. The molecule has 0 bridgehead atoms. The standard InChI is InChI=1S/C21H27N3O7/c1-5-23(6-2)20(26)16(13-22)10-15-11-17(24(28)29)19(25)18(12-15)31-21(27)30-9-7-8-14(3)4/h10-12,14,25H,5-9H2,1-4H3. The van der Waals surface area contributed by atoms with E-state index in [-0.39, 0.29) is 17.7 Å². The highest BCUT2D eigenvalue weighted by Crippen LogP contribution is 2.38. The van der Waals surface area contributed by atoms with E-state index < -0.39 is 34.2 Å². The molecular weight excluding hydrogens is 406 g/mol. The molecule has 0 saturated heterocycles. The molecule has 0 heterocycles. The van der Waals surface area contributed by atoms with Gasteiger partial charge >= 0.3 is 11.8 Å². The number of nitro groups is 1. The molecule has 10 nitrogen and oxygen atoms in total. The molecule has 0 aliphatic carbocycles. The van der Waals surface area contributed by atoms with Crippen LogP contribution in [0.4, 0.5) is 10.5 Å². The molecule has 1 N–H and O–H groups in total. The SMILES string of the molecule is CCN(CC)C(=O)C(C#N)=Cc1cc(OC(=O)OCCCC(C)C)c(O)c([N+](=O)[O-])c1. The first-order chi connectivity index (χ1) is 14.6. The molecule has 0 saturated carbocycles. The number of nitrogens with zero attached hydrogens (tertiary/aromatic N) is 3. The summed E-state index contributed by atoms with van der Waals surface area (Å²) in [5.41, 5.74) is -0.973. The highest BCUT2D eigenvalue weighted by Gasteiger charge is 2.23. The quantitative estimate of drug-likeness (QED) is 0.111. The average Bonchev–Trinajstić information content (AvgIpc) is 2.71. The fourth-order valence-corrected chi connectivity index (χ4v) is 2.67. The van der Waals surface area contributed by atoms with Crippen molar-refractivity contribution in [2.24, 2.45) is 5.92 Å². The fourth-order valence-electron chi connectivity index (χ4n) is 2.67. The van der Waals surface area contributed by atoms with Crippen LogP contribution >= 0.6 is 0 Å². The first-order valence-corrected chi connectivity index (χ1v) is 9.91. The molecule has 0 unspecified atom stereocenters. The van der Waals surface area contributed by atoms with E-state index in [1.165, 1.54) is 4.90 Å². The number of carbonyl (C=O) groups excluding carboxylic acids is 2. The van der Waals surface area contributed by atoms with Crippen molar-refractivity contribution in [1.29, 1.82) is 5.26 Å². The molecule has 10 heteroatoms. The number of phenolic OH excluding ortho intramolecular Hbond substituents is 1. The zero-order valence-electron chi connectivity index (χ0n) is 18.1. The van der Waals surface area contributed by atoms with Gasteiger partial charge in [-0.05, 0) is 50.3 Å². The first-order valence-electron chi connectivity index (χ1n) is 9.91. The molecule has 1 rings (SSSR count). The Kier molecular flexibility index (Phi) is 9.98. The van der Waals surface area contributed by atoms with Gasteiger partial charge in [0.05, 0.1) is 11.5 Å². The summed E-state index contributed by atoms with van der Waals surface area (Å²) in [6.45, 7) is 8.39. The number of amides is 1. The molecule has 1 aromatic rings. The van der Waals surface area contributed by atoms with E-state index in [4.69, 9.17) is 9.47 Å². The van der Waals surface area contributed by atoms with Crippen LogP contribution in [-0.4, -0.2) is 46.7 Å². The Morgan fingerprint density at radius 2 is 1.97 bits per heavy atom. The van der Waals surface area contributed by atoms with Crippen LogP contribution in [0.1, 0.15) is 46.1 Å². The number of hydrogen-bond donors (Lipinski definition) is 1. The van der Waals surface area contributed by atoms with Crippen LogP contribution in [-0.2, 0) is 9.53 Å². The zero-order valence-corrected chi connectivity index (χ0v) is 18.1. The topological polar surface area (TPSA) is 143 Å². The smallest absolute Gasteiger partial charge is 0.499 e. The first kappa shape index (κ1) is 25.4. The van der Waals surface area contributed by atoms with Gasteiger partial charge in [-0.25, -0.2) is 4.79 Å². The Morgan fingerprint density at radius 3 is 2.48 bits per heavy atom. The van der Waals surface area contributed by atoms with Gasteiger partial charge in [-0.3, -0.25) is 14.9 Å². The molecule has 0 atom stereocenters. The molecule has 0 radical (unpaired) electrons. The Morgan fingerprint density at radius 1 is 1.32 bits per heavy atom. The number of aromatic hydroxyl groups is 1. The summed E-state index contributed by atoms with van der Waals surface area (Å²) in [5.74, 6) is -1.49. The largest absolute Gasteiger partial charge is 0.513 e. The maximum Gasteiger partial charge on any atom is 0.513 e. The van der Waals surface area contributed by atoms with Crippen LogP contribution in [0.25, 0.3) is 6.08 Å². The van der Waals surface area contributed by atoms with Crippen LogP contribution in [0.2, 0.25) is 0 Å². The van der Waals surface area contributed by atoms with Gasteiger partial charge in [-0.15, -0.1) is 0 Å². The lowest BCUT2D eigenvalue weighted by atomic mass is 10.1. The molecule has 168 valence electrons. The van der Waals surface area contributed by atoms with Crippen LogP contribution in [0.5, 0.6) is 11.5 Å². The molecular formula is C21H27N3O7. The van der Waals surface area contributed by atoms with E-state index in [0.29, 0.717) is 25.4 Å². The van der Waals surface area contributed by atoms with Gasteiger partial charge in [0, 0.05) is 19.2 Å². The van der Waals surface area contributed by atoms with E-state index in [1.54, 1.807) is 19.9 Å². The van der Waals surface area contributed by atoms with E-state index in [1.807, 2.05) is 13.8 Å². The number of nitro benzene ring substituents is 1. The van der Waals surface area contributed by atoms with Crippen molar-refractivity contribution < 1.29 is 29.1 Å². The van der Waals surface area contributed by atoms with E-state index in [2.05, 4.69) is 0 Å². The highest BCUT2D eigenvalue weighted by molar-refractivity contribution is 6.01. The average molecular weight is 433 g/mol. The van der Waals surface area contributed by atoms with Gasteiger partial charge in [0.25, 0.3) is 5.91 Å². The lowest BCUT2D eigenvalue weighted by Crippen LogP contribution is -2.31. The highest BCUT2D eigenvalue weighted by atomic mass is 16.7. The summed E-state index contributed by atoms with van der Waals surface area (Å²) in [6.07, 6.45) is 1.45. The van der Waals surface area contributed by atoms with Crippen LogP contribution in [0, 0.1) is 27.4 Å². The van der Waals surface area contributed by atoms with Crippen LogP contribution < -0.4 is 4.74 Å². The number of likely N-dealkylation sites (N-methyl/N-ethyl adjacent to an activating group) is 1. The second kappa shape index (κ2) is 12.2. The van der Waals surface area contributed by atoms with Crippen molar-refractivity contribution in [3.05, 3.63) is 33.4 Å². The summed E-state index contributed by atoms with van der Waals surface area (Å²) in [7, 11) is 0. The monoisotopic (exact) mass is 433 g/mol. The predicted molar refractivity (Wildman–Crippen MR) is 112 cm³/mol. The third-order valence-electron chi connectivity index (χ3n) is 4.33. The number of ether oxygens (including phenoxy) is 2. The van der Waals surface area contributed by atoms with Gasteiger partial charge in [0.15, 0.2) is 5.75 Å². The zero-order chi connectivity index (χ0) is 23.6. The molecule has 0 spiro atoms. The number of nitriles is 1. The lowest BCUT2D eigenvalue weighted by Gasteiger charge is -2.17. The van der Waals surface area contributed by atoms with Crippen molar-refractivity contribution in [2.45, 2.75) is 40.5 Å². The minimum atomic E-state index is -1.13. The van der Waals surface area contributed by atoms with Gasteiger partial charge in [-0.2, -0.15) is 5.26 Å². The Bertz CT molecular complexity index is 884. The van der Waals surface area contributed by atoms with E-state index >= 15 is 0 Å². The van der Waals surface area contributed by atoms with Gasteiger partial charge < -0.3 is 19.5 Å². The maximum absolute atomic E-state index is 12.4. The second-order valence-corrected chi connectivity index (χ2v) is 7.03. The maximum atomic E-state index is 12.4. The lowest BCUT2D eigenvalue weighted by molar-refractivity contribution is -0.385. The predicted octanol–water partition coefficient (Wildman–Crippen LogP) is 4.03. The van der Waals surface area contributed by atoms with E-state index in [9.17, 15) is 30.1 Å². The van der Waals surface area contributed by atoms with Crippen molar-refractivity contribution in [1.82, 2.24) is 4.90 Å². The number of rotatable bonds is 10. The van der Waals surface area contributed by atoms with Crippen LogP contribution in [0.3, 0.4) is 0 Å². The van der Waals surface area contributed by atoms with Crippen molar-refractivity contribution in [3.8, 4) is 17.6 Å². The Hall–Kier alpha value is -3.61. The van der Waals surface area contributed by atoms with Crippen molar-refractivity contribution in [2.75, 3.05) is 19.7 Å². The summed E-state index contributed by atoms with van der Waals surface area (Å²) < 4.78 is 9.85. The summed E-state index contributed by atoms with van der Waals surface area (Å²) in [6, 6.07) is 3.86. The summed E-state index contributed by atoms with van der Waals surface area (Å²) >= 11 is 0. The minimum absolute atomic E-state index is 0.0316. The van der Waals surface area contributed by atoms with Crippen molar-refractivity contribution >= 4 is 23.8 Å². The molecule has 0 aliphatic rings. The van der Waals surface area contributed by atoms with E-state index in [0.717, 1.165) is 24.6 Å². The molecule has 0 fully saturated rings. The Labute approximate surface area is 180 Å². The third-order valence-corrected chi connectivity index (χ3v) is 4.33. The van der Waals surface area contributed by atoms with Gasteiger partial charge in [0.2, 0.25) is 5.75 Å². The molecule has 0 aliphatic heterocycles. The van der Waals surface area contributed by atoms with Gasteiger partial charge in [-0.1, -0.05) is 13.8 Å². The summed E-state index contributed by atoms with van der Waals surface area (Å²) in [5, 5.41) is 30.7. The molecule has 1 aromatic carbocycles. The van der Waals surface area contributed by atoms with Crippen molar-refractivity contribution in [3.63, 3.8) is 0 Å².